The van der Waals surface area contributed by atoms with E-state index in [-0.39, 0.29) is 5.75 Å². The number of aliphatic imine (C=N–C) groups is 1. The van der Waals surface area contributed by atoms with Crippen LogP contribution in [0.3, 0.4) is 0 Å². The van der Waals surface area contributed by atoms with Gasteiger partial charge < -0.3 is 5.11 Å². The molecular formula is C17H17BrINO. The van der Waals surface area contributed by atoms with Gasteiger partial charge >= 0.3 is 0 Å². The van der Waals surface area contributed by atoms with Crippen molar-refractivity contribution in [3.05, 3.63) is 55.6 Å². The first-order valence-corrected chi connectivity index (χ1v) is 8.70. The highest BCUT2D eigenvalue weighted by molar-refractivity contribution is 14.1. The quantitative estimate of drug-likeness (QED) is 0.441. The largest absolute Gasteiger partial charge is 0.506 e. The molecule has 0 saturated carbocycles. The van der Waals surface area contributed by atoms with E-state index in [1.165, 1.54) is 5.56 Å². The molecule has 2 aromatic rings. The van der Waals surface area contributed by atoms with Gasteiger partial charge in [0.2, 0.25) is 0 Å². The van der Waals surface area contributed by atoms with E-state index in [2.05, 4.69) is 69.5 Å². The lowest BCUT2D eigenvalue weighted by molar-refractivity contribution is 0.470. The summed E-state index contributed by atoms with van der Waals surface area (Å²) >= 11 is 5.53. The summed E-state index contributed by atoms with van der Waals surface area (Å²) in [5, 5.41) is 10.0. The van der Waals surface area contributed by atoms with Crippen molar-refractivity contribution >= 4 is 50.4 Å². The first-order chi connectivity index (χ1) is 10.0. The summed E-state index contributed by atoms with van der Waals surface area (Å²) in [5.41, 5.74) is 2.92. The molecule has 2 nitrogen and oxygen atoms in total. The number of phenolic OH excluding ortho intramolecular Hbond substituents is 1. The monoisotopic (exact) mass is 457 g/mol. The molecule has 0 amide bonds. The molecule has 0 saturated heterocycles. The molecule has 0 spiro atoms. The zero-order valence-electron chi connectivity index (χ0n) is 12.0. The van der Waals surface area contributed by atoms with Crippen molar-refractivity contribution in [2.45, 2.75) is 26.2 Å². The molecule has 0 radical (unpaired) electrons. The average Bonchev–Trinajstić information content (AvgIpc) is 2.49. The Morgan fingerprint density at radius 3 is 2.57 bits per heavy atom. The second-order valence-electron chi connectivity index (χ2n) is 4.98. The molecule has 1 atom stereocenters. The predicted octanol–water partition coefficient (Wildman–Crippen LogP) is 6.02. The number of hydrogen-bond acceptors (Lipinski definition) is 2. The van der Waals surface area contributed by atoms with Gasteiger partial charge in [-0.15, -0.1) is 0 Å². The van der Waals surface area contributed by atoms with Crippen LogP contribution >= 0.6 is 38.5 Å². The summed E-state index contributed by atoms with van der Waals surface area (Å²) in [4.78, 5) is 4.44. The first kappa shape index (κ1) is 16.5. The van der Waals surface area contributed by atoms with Crippen LogP contribution in [0, 0.1) is 3.57 Å². The van der Waals surface area contributed by atoms with Crippen molar-refractivity contribution in [2.75, 3.05) is 0 Å². The van der Waals surface area contributed by atoms with E-state index in [1.807, 2.05) is 24.3 Å². The highest BCUT2D eigenvalue weighted by Gasteiger charge is 2.05. The van der Waals surface area contributed by atoms with E-state index in [9.17, 15) is 5.11 Å². The molecule has 0 heterocycles. The van der Waals surface area contributed by atoms with Crippen LogP contribution in [0.5, 0.6) is 5.75 Å². The normalized spacial score (nSPS) is 12.8. The summed E-state index contributed by atoms with van der Waals surface area (Å²) in [5.74, 6) is 0.831. The lowest BCUT2D eigenvalue weighted by Gasteiger charge is -2.08. The van der Waals surface area contributed by atoms with Crippen LogP contribution in [-0.4, -0.2) is 11.3 Å². The lowest BCUT2D eigenvalue weighted by atomic mass is 9.99. The maximum absolute atomic E-state index is 10.0. The maximum atomic E-state index is 10.0. The first-order valence-electron chi connectivity index (χ1n) is 6.83. The summed E-state index contributed by atoms with van der Waals surface area (Å²) in [6, 6.07) is 12.0. The summed E-state index contributed by atoms with van der Waals surface area (Å²) in [6.45, 7) is 4.41. The van der Waals surface area contributed by atoms with Crippen LogP contribution in [0.15, 0.2) is 45.9 Å². The number of aromatic hydroxyl groups is 1. The van der Waals surface area contributed by atoms with Gasteiger partial charge in [-0.25, -0.2) is 0 Å². The fourth-order valence-corrected chi connectivity index (χ4v) is 3.50. The van der Waals surface area contributed by atoms with Gasteiger partial charge in [0.05, 0.1) is 9.26 Å². The van der Waals surface area contributed by atoms with Crippen molar-refractivity contribution in [3.63, 3.8) is 0 Å². The average molecular weight is 458 g/mol. The third kappa shape index (κ3) is 4.30. The molecule has 0 unspecified atom stereocenters. The van der Waals surface area contributed by atoms with Gasteiger partial charge in [0, 0.05) is 16.3 Å². The van der Waals surface area contributed by atoms with Crippen molar-refractivity contribution in [1.82, 2.24) is 0 Å². The van der Waals surface area contributed by atoms with Gasteiger partial charge in [-0.2, -0.15) is 0 Å². The van der Waals surface area contributed by atoms with Crippen molar-refractivity contribution in [3.8, 4) is 5.75 Å². The van der Waals surface area contributed by atoms with Crippen LogP contribution in [0.2, 0.25) is 0 Å². The van der Waals surface area contributed by atoms with E-state index in [4.69, 9.17) is 0 Å². The molecular weight excluding hydrogens is 441 g/mol. The van der Waals surface area contributed by atoms with Gasteiger partial charge in [-0.1, -0.05) is 41.9 Å². The van der Waals surface area contributed by atoms with Gasteiger partial charge in [-0.3, -0.25) is 4.99 Å². The smallest absolute Gasteiger partial charge is 0.137 e. The summed E-state index contributed by atoms with van der Waals surface area (Å²) < 4.78 is 1.73. The second-order valence-corrected chi connectivity index (χ2v) is 7.06. The van der Waals surface area contributed by atoms with E-state index in [0.717, 1.165) is 20.2 Å². The molecule has 0 fully saturated rings. The van der Waals surface area contributed by atoms with Crippen LogP contribution in [-0.2, 0) is 0 Å². The summed E-state index contributed by atoms with van der Waals surface area (Å²) in [7, 11) is 0. The van der Waals surface area contributed by atoms with Crippen molar-refractivity contribution in [1.29, 1.82) is 0 Å². The molecule has 0 bridgehead atoms. The van der Waals surface area contributed by atoms with Crippen molar-refractivity contribution in [2.24, 2.45) is 4.99 Å². The maximum Gasteiger partial charge on any atom is 0.137 e. The Balaban J connectivity index is 2.22. The van der Waals surface area contributed by atoms with Crippen LogP contribution in [0.1, 0.15) is 37.3 Å². The molecule has 0 aliphatic carbocycles. The molecule has 21 heavy (non-hydrogen) atoms. The minimum absolute atomic E-state index is 0.263. The van der Waals surface area contributed by atoms with Gasteiger partial charge in [-0.05, 0) is 64.8 Å². The highest BCUT2D eigenvalue weighted by Crippen LogP contribution is 2.28. The Morgan fingerprint density at radius 2 is 1.95 bits per heavy atom. The molecule has 2 aromatic carbocycles. The topological polar surface area (TPSA) is 32.6 Å². The number of rotatable bonds is 4. The number of nitrogens with zero attached hydrogens (tertiary/aromatic N) is 1. The Bertz CT molecular complexity index is 653. The highest BCUT2D eigenvalue weighted by atomic mass is 127. The van der Waals surface area contributed by atoms with E-state index in [0.29, 0.717) is 11.5 Å². The van der Waals surface area contributed by atoms with Gasteiger partial charge in [0.1, 0.15) is 5.75 Å². The predicted molar refractivity (Wildman–Crippen MR) is 101 cm³/mol. The van der Waals surface area contributed by atoms with E-state index < -0.39 is 0 Å². The Hall–Kier alpha value is -0.880. The summed E-state index contributed by atoms with van der Waals surface area (Å²) in [6.07, 6.45) is 2.83. The molecule has 0 aromatic heterocycles. The van der Waals surface area contributed by atoms with Crippen LogP contribution in [0.25, 0.3) is 0 Å². The van der Waals surface area contributed by atoms with Crippen molar-refractivity contribution < 1.29 is 5.11 Å². The zero-order chi connectivity index (χ0) is 15.4. The Kier molecular flexibility index (Phi) is 5.81. The molecule has 4 heteroatoms. The van der Waals surface area contributed by atoms with E-state index >= 15 is 0 Å². The fourth-order valence-electron chi connectivity index (χ4n) is 1.95. The lowest BCUT2D eigenvalue weighted by Crippen LogP contribution is -1.89. The SMILES string of the molecule is CC[C@@H](C)c1ccc(N=Cc2cc(Br)cc(I)c2O)cc1. The number of halogens is 2. The Labute approximate surface area is 147 Å². The molecule has 1 N–H and O–H groups in total. The third-order valence-corrected chi connectivity index (χ3v) is 4.77. The number of hydrogen-bond donors (Lipinski definition) is 1. The van der Waals surface area contributed by atoms with Gasteiger partial charge in [0.25, 0.3) is 0 Å². The standard InChI is InChI=1S/C17H17BrINO/c1-3-11(2)12-4-6-15(7-5-12)20-10-13-8-14(18)9-16(19)17(13)21/h4-11,21H,3H2,1-2H3/t11-/m1/s1. The van der Waals surface area contributed by atoms with Crippen LogP contribution < -0.4 is 0 Å². The van der Waals surface area contributed by atoms with Crippen LogP contribution in [0.4, 0.5) is 5.69 Å². The number of phenols is 1. The van der Waals surface area contributed by atoms with E-state index in [1.54, 1.807) is 6.21 Å². The molecule has 0 aliphatic heterocycles. The zero-order valence-corrected chi connectivity index (χ0v) is 15.7. The minimum Gasteiger partial charge on any atom is -0.506 e. The second kappa shape index (κ2) is 7.40. The number of benzene rings is 2. The van der Waals surface area contributed by atoms with Gasteiger partial charge in [0.15, 0.2) is 0 Å². The third-order valence-electron chi connectivity index (χ3n) is 3.48. The molecule has 110 valence electrons. The fraction of sp³-hybridized carbons (Fsp3) is 0.235. The molecule has 2 rings (SSSR count). The minimum atomic E-state index is 0.263. The Morgan fingerprint density at radius 1 is 1.29 bits per heavy atom. The molecule has 0 aliphatic rings.